The van der Waals surface area contributed by atoms with Gasteiger partial charge >= 0.3 is 0 Å². The fraction of sp³-hybridized carbons (Fsp3) is 0.214. The van der Waals surface area contributed by atoms with Crippen LogP contribution < -0.4 is 9.62 Å². The number of rotatable bonds is 6. The van der Waals surface area contributed by atoms with E-state index in [9.17, 15) is 13.2 Å². The molecule has 0 unspecified atom stereocenters. The molecule has 0 bridgehead atoms. The molecule has 22 heavy (non-hydrogen) atoms. The topological polar surface area (TPSA) is 66.5 Å². The molecule has 0 spiro atoms. The van der Waals surface area contributed by atoms with Crippen molar-refractivity contribution in [3.8, 4) is 0 Å². The van der Waals surface area contributed by atoms with Crippen molar-refractivity contribution < 1.29 is 13.2 Å². The van der Waals surface area contributed by atoms with Crippen molar-refractivity contribution in [3.63, 3.8) is 0 Å². The molecule has 0 saturated carbocycles. The Balaban J connectivity index is 2.04. The third kappa shape index (κ3) is 4.46. The van der Waals surface area contributed by atoms with Gasteiger partial charge in [-0.05, 0) is 29.6 Å². The highest BCUT2D eigenvalue weighted by Crippen LogP contribution is 2.21. The molecule has 1 aromatic carbocycles. The molecule has 0 radical (unpaired) electrons. The zero-order valence-corrected chi connectivity index (χ0v) is 14.2. The number of carbonyl (C=O) groups is 1. The van der Waals surface area contributed by atoms with Crippen LogP contribution in [0.2, 0.25) is 5.02 Å². The summed E-state index contributed by atoms with van der Waals surface area (Å²) >= 11 is 7.23. The molecule has 0 atom stereocenters. The number of hydrogen-bond donors (Lipinski definition) is 1. The lowest BCUT2D eigenvalue weighted by molar-refractivity contribution is 0.0959. The van der Waals surface area contributed by atoms with E-state index in [1.807, 2.05) is 5.38 Å². The molecule has 1 heterocycles. The summed E-state index contributed by atoms with van der Waals surface area (Å²) in [4.78, 5) is 12.4. The predicted molar refractivity (Wildman–Crippen MR) is 90.3 cm³/mol. The summed E-state index contributed by atoms with van der Waals surface area (Å²) in [6, 6.07) is 10.1. The van der Waals surface area contributed by atoms with E-state index >= 15 is 0 Å². The van der Waals surface area contributed by atoms with Crippen LogP contribution in [-0.2, 0) is 10.0 Å². The zero-order valence-electron chi connectivity index (χ0n) is 11.8. The van der Waals surface area contributed by atoms with Crippen molar-refractivity contribution >= 4 is 44.6 Å². The van der Waals surface area contributed by atoms with E-state index in [4.69, 9.17) is 11.6 Å². The number of sulfonamides is 1. The normalized spacial score (nSPS) is 11.2. The molecule has 8 heteroatoms. The van der Waals surface area contributed by atoms with Gasteiger partial charge in [0.05, 0.1) is 23.4 Å². The molecule has 2 aromatic rings. The Kier molecular flexibility index (Phi) is 5.44. The summed E-state index contributed by atoms with van der Waals surface area (Å²) in [7, 11) is -3.46. The SMILES string of the molecule is CS(=O)(=O)N(CCNC(=O)c1cccs1)c1cccc(Cl)c1. The summed E-state index contributed by atoms with van der Waals surface area (Å²) in [6.07, 6.45) is 1.12. The van der Waals surface area contributed by atoms with E-state index in [0.717, 1.165) is 6.26 Å². The first-order valence-electron chi connectivity index (χ1n) is 6.43. The van der Waals surface area contributed by atoms with Crippen LogP contribution in [0.5, 0.6) is 0 Å². The van der Waals surface area contributed by atoms with Gasteiger partial charge in [0.25, 0.3) is 5.91 Å². The van der Waals surface area contributed by atoms with E-state index in [2.05, 4.69) is 5.32 Å². The minimum Gasteiger partial charge on any atom is -0.350 e. The van der Waals surface area contributed by atoms with Gasteiger partial charge in [0.2, 0.25) is 10.0 Å². The molecule has 0 aliphatic carbocycles. The molecule has 2 rings (SSSR count). The van der Waals surface area contributed by atoms with E-state index in [0.29, 0.717) is 15.6 Å². The molecule has 1 amide bonds. The number of nitrogens with zero attached hydrogens (tertiary/aromatic N) is 1. The number of amides is 1. The van der Waals surface area contributed by atoms with Crippen LogP contribution in [0.1, 0.15) is 9.67 Å². The van der Waals surface area contributed by atoms with Gasteiger partial charge in [0.1, 0.15) is 0 Å². The van der Waals surface area contributed by atoms with Crippen LogP contribution in [0, 0.1) is 0 Å². The second kappa shape index (κ2) is 7.13. The Bertz CT molecular complexity index is 745. The number of anilines is 1. The van der Waals surface area contributed by atoms with Crippen LogP contribution >= 0.6 is 22.9 Å². The van der Waals surface area contributed by atoms with E-state index < -0.39 is 10.0 Å². The van der Waals surface area contributed by atoms with Crippen molar-refractivity contribution in [1.82, 2.24) is 5.32 Å². The van der Waals surface area contributed by atoms with Crippen LogP contribution in [0.3, 0.4) is 0 Å². The molecule has 5 nitrogen and oxygen atoms in total. The molecule has 0 aliphatic heterocycles. The maximum atomic E-state index is 11.9. The number of hydrogen-bond acceptors (Lipinski definition) is 4. The van der Waals surface area contributed by atoms with Gasteiger partial charge in [0.15, 0.2) is 0 Å². The molecule has 0 saturated heterocycles. The minimum absolute atomic E-state index is 0.135. The van der Waals surface area contributed by atoms with Gasteiger partial charge in [-0.3, -0.25) is 9.10 Å². The summed E-state index contributed by atoms with van der Waals surface area (Å²) in [6.45, 7) is 0.340. The van der Waals surface area contributed by atoms with Crippen molar-refractivity contribution in [2.24, 2.45) is 0 Å². The van der Waals surface area contributed by atoms with Crippen LogP contribution in [-0.4, -0.2) is 33.7 Å². The molecule has 0 fully saturated rings. The lowest BCUT2D eigenvalue weighted by Gasteiger charge is -2.22. The van der Waals surface area contributed by atoms with Gasteiger partial charge in [-0.25, -0.2) is 8.42 Å². The molecule has 1 N–H and O–H groups in total. The third-order valence-electron chi connectivity index (χ3n) is 2.84. The van der Waals surface area contributed by atoms with Gasteiger partial charge in [-0.2, -0.15) is 0 Å². The summed E-state index contributed by atoms with van der Waals surface area (Å²) in [5, 5.41) is 4.97. The monoisotopic (exact) mass is 358 g/mol. The minimum atomic E-state index is -3.46. The number of benzene rings is 1. The highest BCUT2D eigenvalue weighted by molar-refractivity contribution is 7.92. The quantitative estimate of drug-likeness (QED) is 0.863. The highest BCUT2D eigenvalue weighted by Gasteiger charge is 2.17. The molecule has 1 aromatic heterocycles. The predicted octanol–water partition coefficient (Wildman–Crippen LogP) is 2.60. The maximum absolute atomic E-state index is 11.9. The first kappa shape index (κ1) is 16.8. The lowest BCUT2D eigenvalue weighted by Crippen LogP contribution is -2.38. The van der Waals surface area contributed by atoms with Crippen LogP contribution in [0.25, 0.3) is 0 Å². The zero-order chi connectivity index (χ0) is 16.2. The van der Waals surface area contributed by atoms with Crippen LogP contribution in [0.4, 0.5) is 5.69 Å². The Morgan fingerprint density at radius 2 is 2.09 bits per heavy atom. The van der Waals surface area contributed by atoms with E-state index in [1.54, 1.807) is 36.4 Å². The van der Waals surface area contributed by atoms with Crippen molar-refractivity contribution in [2.45, 2.75) is 0 Å². The average molecular weight is 359 g/mol. The Labute approximate surface area is 138 Å². The average Bonchev–Trinajstić information content (AvgIpc) is 2.96. The Hall–Kier alpha value is -1.57. The molecule has 118 valence electrons. The smallest absolute Gasteiger partial charge is 0.261 e. The summed E-state index contributed by atoms with van der Waals surface area (Å²) in [5.74, 6) is -0.213. The first-order valence-corrected chi connectivity index (χ1v) is 9.53. The van der Waals surface area contributed by atoms with Gasteiger partial charge in [-0.15, -0.1) is 11.3 Å². The third-order valence-corrected chi connectivity index (χ3v) is 5.14. The summed E-state index contributed by atoms with van der Waals surface area (Å²) in [5.41, 5.74) is 0.473. The summed E-state index contributed by atoms with van der Waals surface area (Å²) < 4.78 is 25.1. The van der Waals surface area contributed by atoms with Crippen molar-refractivity contribution in [3.05, 3.63) is 51.7 Å². The van der Waals surface area contributed by atoms with Crippen molar-refractivity contribution in [1.29, 1.82) is 0 Å². The van der Waals surface area contributed by atoms with Crippen LogP contribution in [0.15, 0.2) is 41.8 Å². The van der Waals surface area contributed by atoms with E-state index in [1.165, 1.54) is 15.6 Å². The van der Waals surface area contributed by atoms with Crippen molar-refractivity contribution in [2.75, 3.05) is 23.7 Å². The lowest BCUT2D eigenvalue weighted by atomic mass is 10.3. The molecule has 0 aliphatic rings. The molecular formula is C14H15ClN2O3S2. The number of thiophene rings is 1. The van der Waals surface area contributed by atoms with Gasteiger partial charge < -0.3 is 5.32 Å². The van der Waals surface area contributed by atoms with Gasteiger partial charge in [0, 0.05) is 11.6 Å². The van der Waals surface area contributed by atoms with Gasteiger partial charge in [-0.1, -0.05) is 23.7 Å². The number of carbonyl (C=O) groups excluding carboxylic acids is 1. The Morgan fingerprint density at radius 3 is 2.68 bits per heavy atom. The largest absolute Gasteiger partial charge is 0.350 e. The number of halogens is 1. The Morgan fingerprint density at radius 1 is 1.32 bits per heavy atom. The molecular weight excluding hydrogens is 344 g/mol. The standard InChI is InChI=1S/C14H15ClN2O3S2/c1-22(19,20)17(12-5-2-4-11(15)10-12)8-7-16-14(18)13-6-3-9-21-13/h2-6,9-10H,7-8H2,1H3,(H,16,18). The number of nitrogens with one attached hydrogen (secondary N) is 1. The highest BCUT2D eigenvalue weighted by atomic mass is 35.5. The fourth-order valence-electron chi connectivity index (χ4n) is 1.88. The second-order valence-corrected chi connectivity index (χ2v) is 7.84. The first-order chi connectivity index (χ1) is 10.4. The van der Waals surface area contributed by atoms with E-state index in [-0.39, 0.29) is 19.0 Å². The second-order valence-electron chi connectivity index (χ2n) is 4.55. The maximum Gasteiger partial charge on any atom is 0.261 e. The fourth-order valence-corrected chi connectivity index (χ4v) is 3.63.